The molecule has 5 nitrogen and oxygen atoms in total. The summed E-state index contributed by atoms with van der Waals surface area (Å²) < 4.78 is 10.6. The number of ether oxygens (including phenoxy) is 2. The fraction of sp³-hybridized carbons (Fsp3) is 0.643. The van der Waals surface area contributed by atoms with E-state index in [9.17, 15) is 5.11 Å². The van der Waals surface area contributed by atoms with E-state index in [1.54, 1.807) is 26.5 Å². The van der Waals surface area contributed by atoms with Gasteiger partial charge in [0.1, 0.15) is 0 Å². The summed E-state index contributed by atoms with van der Waals surface area (Å²) in [6.07, 6.45) is 5.60. The minimum atomic E-state index is -0.259. The zero-order chi connectivity index (χ0) is 13.7. The molecule has 1 heterocycles. The van der Waals surface area contributed by atoms with Gasteiger partial charge in [0.15, 0.2) is 11.5 Å². The summed E-state index contributed by atoms with van der Waals surface area (Å²) >= 11 is 0. The van der Waals surface area contributed by atoms with Crippen molar-refractivity contribution in [3.8, 4) is 11.5 Å². The van der Waals surface area contributed by atoms with Crippen LogP contribution in [0.15, 0.2) is 12.3 Å². The molecule has 5 heteroatoms. The normalized spacial score (nSPS) is 23.1. The Morgan fingerprint density at radius 3 is 2.79 bits per heavy atom. The highest BCUT2D eigenvalue weighted by atomic mass is 16.5. The number of pyridine rings is 1. The molecule has 1 saturated carbocycles. The summed E-state index contributed by atoms with van der Waals surface area (Å²) in [5.41, 5.74) is 0.805. The first kappa shape index (κ1) is 14.1. The van der Waals surface area contributed by atoms with Crippen molar-refractivity contribution in [3.63, 3.8) is 0 Å². The van der Waals surface area contributed by atoms with Crippen LogP contribution >= 0.6 is 0 Å². The van der Waals surface area contributed by atoms with Crippen molar-refractivity contribution in [2.45, 2.75) is 44.4 Å². The van der Waals surface area contributed by atoms with Crippen LogP contribution in [-0.4, -0.2) is 36.5 Å². The number of methoxy groups -OCH3 is 2. The van der Waals surface area contributed by atoms with Crippen molar-refractivity contribution >= 4 is 0 Å². The molecule has 1 aliphatic carbocycles. The zero-order valence-corrected chi connectivity index (χ0v) is 11.6. The maximum atomic E-state index is 9.94. The van der Waals surface area contributed by atoms with Gasteiger partial charge in [0.05, 0.1) is 26.0 Å². The van der Waals surface area contributed by atoms with Gasteiger partial charge in [0.2, 0.25) is 0 Å². The molecule has 0 radical (unpaired) electrons. The van der Waals surface area contributed by atoms with Crippen molar-refractivity contribution < 1.29 is 14.6 Å². The van der Waals surface area contributed by atoms with Gasteiger partial charge < -0.3 is 19.9 Å². The van der Waals surface area contributed by atoms with Gasteiger partial charge in [-0.1, -0.05) is 12.8 Å². The fourth-order valence-corrected chi connectivity index (χ4v) is 2.55. The van der Waals surface area contributed by atoms with Gasteiger partial charge in [0, 0.05) is 24.8 Å². The Morgan fingerprint density at radius 2 is 2.11 bits per heavy atom. The van der Waals surface area contributed by atoms with Crippen LogP contribution in [0.25, 0.3) is 0 Å². The number of aromatic nitrogens is 1. The van der Waals surface area contributed by atoms with Gasteiger partial charge in [0.25, 0.3) is 0 Å². The molecule has 2 unspecified atom stereocenters. The van der Waals surface area contributed by atoms with Crippen molar-refractivity contribution in [1.29, 1.82) is 0 Å². The number of rotatable bonds is 5. The molecular formula is C14H22N2O3. The minimum absolute atomic E-state index is 0.145. The summed E-state index contributed by atoms with van der Waals surface area (Å²) in [5.74, 6) is 1.33. The molecule has 2 rings (SSSR count). The summed E-state index contributed by atoms with van der Waals surface area (Å²) in [5, 5.41) is 13.3. The monoisotopic (exact) mass is 266 g/mol. The lowest BCUT2D eigenvalue weighted by Crippen LogP contribution is -2.41. The first-order chi connectivity index (χ1) is 9.26. The second kappa shape index (κ2) is 6.73. The molecule has 1 aliphatic rings. The van der Waals surface area contributed by atoms with E-state index in [1.807, 2.05) is 0 Å². The Morgan fingerprint density at radius 1 is 1.32 bits per heavy atom. The molecule has 106 valence electrons. The van der Waals surface area contributed by atoms with Crippen molar-refractivity contribution in [2.75, 3.05) is 14.2 Å². The number of aliphatic hydroxyl groups is 1. The molecule has 0 bridgehead atoms. The Bertz CT molecular complexity index is 412. The van der Waals surface area contributed by atoms with Crippen LogP contribution < -0.4 is 14.8 Å². The molecule has 0 aliphatic heterocycles. The Hall–Kier alpha value is -1.33. The maximum absolute atomic E-state index is 9.94. The van der Waals surface area contributed by atoms with E-state index in [2.05, 4.69) is 10.3 Å². The van der Waals surface area contributed by atoms with Crippen molar-refractivity contribution in [1.82, 2.24) is 10.3 Å². The number of hydrogen-bond acceptors (Lipinski definition) is 5. The molecule has 2 N–H and O–H groups in total. The Kier molecular flexibility index (Phi) is 4.99. The number of nitrogens with one attached hydrogen (secondary N) is 1. The average molecular weight is 266 g/mol. The minimum Gasteiger partial charge on any atom is -0.493 e. The van der Waals surface area contributed by atoms with Crippen LogP contribution in [0.2, 0.25) is 0 Å². The van der Waals surface area contributed by atoms with E-state index < -0.39 is 0 Å². The Labute approximate surface area is 114 Å². The lowest BCUT2D eigenvalue weighted by molar-refractivity contribution is 0.0899. The molecule has 2 atom stereocenters. The van der Waals surface area contributed by atoms with Crippen LogP contribution in [-0.2, 0) is 6.54 Å². The summed E-state index contributed by atoms with van der Waals surface area (Å²) in [6.45, 7) is 0.572. The highest BCUT2D eigenvalue weighted by molar-refractivity contribution is 5.42. The lowest BCUT2D eigenvalue weighted by Gasteiger charge is -2.28. The SMILES string of the molecule is COc1ccnc(CNC2CCCCC2O)c1OC. The van der Waals surface area contributed by atoms with Crippen LogP contribution in [0.4, 0.5) is 0 Å². The van der Waals surface area contributed by atoms with E-state index in [4.69, 9.17) is 9.47 Å². The standard InChI is InChI=1S/C14H22N2O3/c1-18-13-7-8-15-11(14(13)19-2)9-16-10-5-3-4-6-12(10)17/h7-8,10,12,16-17H,3-6,9H2,1-2H3. The molecule has 1 aromatic rings. The molecule has 0 amide bonds. The van der Waals surface area contributed by atoms with E-state index in [0.29, 0.717) is 18.0 Å². The van der Waals surface area contributed by atoms with E-state index in [-0.39, 0.29) is 12.1 Å². The number of aliphatic hydroxyl groups excluding tert-OH is 1. The molecular weight excluding hydrogens is 244 g/mol. The van der Waals surface area contributed by atoms with E-state index in [0.717, 1.165) is 31.4 Å². The first-order valence-electron chi connectivity index (χ1n) is 6.73. The highest BCUT2D eigenvalue weighted by Crippen LogP contribution is 2.29. The summed E-state index contributed by atoms with van der Waals surface area (Å²) in [4.78, 5) is 4.32. The topological polar surface area (TPSA) is 63.6 Å². The summed E-state index contributed by atoms with van der Waals surface area (Å²) in [7, 11) is 3.22. The largest absolute Gasteiger partial charge is 0.493 e. The van der Waals surface area contributed by atoms with Crippen molar-refractivity contribution in [2.24, 2.45) is 0 Å². The smallest absolute Gasteiger partial charge is 0.183 e. The molecule has 0 saturated heterocycles. The summed E-state index contributed by atoms with van der Waals surface area (Å²) in [6, 6.07) is 1.92. The third-order valence-corrected chi connectivity index (χ3v) is 3.63. The zero-order valence-electron chi connectivity index (χ0n) is 11.6. The third kappa shape index (κ3) is 3.36. The van der Waals surface area contributed by atoms with Gasteiger partial charge in [-0.05, 0) is 12.8 Å². The molecule has 0 spiro atoms. The molecule has 19 heavy (non-hydrogen) atoms. The predicted molar refractivity (Wildman–Crippen MR) is 72.4 cm³/mol. The van der Waals surface area contributed by atoms with Gasteiger partial charge in [-0.25, -0.2) is 0 Å². The average Bonchev–Trinajstić information content (AvgIpc) is 2.45. The number of nitrogens with zero attached hydrogens (tertiary/aromatic N) is 1. The van der Waals surface area contributed by atoms with E-state index in [1.165, 1.54) is 0 Å². The fourth-order valence-electron chi connectivity index (χ4n) is 2.55. The van der Waals surface area contributed by atoms with Crippen LogP contribution in [0.1, 0.15) is 31.4 Å². The van der Waals surface area contributed by atoms with Gasteiger partial charge in [-0.2, -0.15) is 0 Å². The first-order valence-corrected chi connectivity index (χ1v) is 6.73. The van der Waals surface area contributed by atoms with Gasteiger partial charge >= 0.3 is 0 Å². The van der Waals surface area contributed by atoms with Crippen LogP contribution in [0.5, 0.6) is 11.5 Å². The van der Waals surface area contributed by atoms with Gasteiger partial charge in [-0.3, -0.25) is 4.98 Å². The van der Waals surface area contributed by atoms with Crippen LogP contribution in [0.3, 0.4) is 0 Å². The number of hydrogen-bond donors (Lipinski definition) is 2. The third-order valence-electron chi connectivity index (χ3n) is 3.63. The second-order valence-electron chi connectivity index (χ2n) is 4.83. The van der Waals surface area contributed by atoms with Crippen molar-refractivity contribution in [3.05, 3.63) is 18.0 Å². The predicted octanol–water partition coefficient (Wildman–Crippen LogP) is 1.49. The quantitative estimate of drug-likeness (QED) is 0.845. The highest BCUT2D eigenvalue weighted by Gasteiger charge is 2.23. The van der Waals surface area contributed by atoms with E-state index >= 15 is 0 Å². The maximum Gasteiger partial charge on any atom is 0.183 e. The van der Waals surface area contributed by atoms with Crippen LogP contribution in [0, 0.1) is 0 Å². The lowest BCUT2D eigenvalue weighted by atomic mass is 9.92. The second-order valence-corrected chi connectivity index (χ2v) is 4.83. The Balaban J connectivity index is 2.02. The molecule has 1 aromatic heterocycles. The molecule has 0 aromatic carbocycles. The molecule has 1 fully saturated rings. The van der Waals surface area contributed by atoms with Gasteiger partial charge in [-0.15, -0.1) is 0 Å².